The number of ether oxygens (including phenoxy) is 1. The van der Waals surface area contributed by atoms with Crippen molar-refractivity contribution < 1.29 is 9.53 Å². The Balaban J connectivity index is 0.000000187. The van der Waals surface area contributed by atoms with Gasteiger partial charge in [0.1, 0.15) is 5.60 Å². The molecule has 26 heavy (non-hydrogen) atoms. The summed E-state index contributed by atoms with van der Waals surface area (Å²) in [6, 6.07) is 0. The van der Waals surface area contributed by atoms with Gasteiger partial charge in [0, 0.05) is 19.6 Å². The molecule has 1 saturated heterocycles. The number of nitrogens with two attached hydrogens (primary N) is 1. The van der Waals surface area contributed by atoms with Gasteiger partial charge in [0.2, 0.25) is 5.95 Å². The summed E-state index contributed by atoms with van der Waals surface area (Å²) in [7, 11) is 0. The van der Waals surface area contributed by atoms with E-state index >= 15 is 0 Å². The van der Waals surface area contributed by atoms with Gasteiger partial charge >= 0.3 is 6.09 Å². The molecule has 7 heteroatoms. The number of piperidine rings is 1. The van der Waals surface area contributed by atoms with Gasteiger partial charge in [-0.2, -0.15) is 0 Å². The SMILES string of the molecule is CC(C)(C)OC(=O)N1CCCCC1.Nc1cnc(NCCC2CC2)nc1. The zero-order valence-electron chi connectivity index (χ0n) is 16.3. The minimum atomic E-state index is -0.367. The van der Waals surface area contributed by atoms with Crippen molar-refractivity contribution in [3.05, 3.63) is 12.4 Å². The molecule has 1 aliphatic carbocycles. The molecule has 0 radical (unpaired) electrons. The van der Waals surface area contributed by atoms with Crippen molar-refractivity contribution in [2.45, 2.75) is 64.9 Å². The maximum Gasteiger partial charge on any atom is 0.410 e. The van der Waals surface area contributed by atoms with Crippen LogP contribution in [0.2, 0.25) is 0 Å². The molecule has 3 N–H and O–H groups in total. The maximum absolute atomic E-state index is 11.5. The average molecular weight is 364 g/mol. The van der Waals surface area contributed by atoms with Crippen molar-refractivity contribution in [1.29, 1.82) is 0 Å². The van der Waals surface area contributed by atoms with Gasteiger partial charge in [-0.1, -0.05) is 12.8 Å². The molecular formula is C19H33N5O2. The van der Waals surface area contributed by atoms with E-state index in [9.17, 15) is 4.79 Å². The molecule has 2 fully saturated rings. The summed E-state index contributed by atoms with van der Waals surface area (Å²) in [6.45, 7) is 8.37. The highest BCUT2D eigenvalue weighted by atomic mass is 16.6. The van der Waals surface area contributed by atoms with Crippen LogP contribution in [0.1, 0.15) is 59.3 Å². The highest BCUT2D eigenvalue weighted by molar-refractivity contribution is 5.68. The Bertz CT molecular complexity index is 546. The second-order valence-corrected chi connectivity index (χ2v) is 8.03. The molecular weight excluding hydrogens is 330 g/mol. The van der Waals surface area contributed by atoms with E-state index in [2.05, 4.69) is 15.3 Å². The van der Waals surface area contributed by atoms with Crippen molar-refractivity contribution in [1.82, 2.24) is 14.9 Å². The third-order valence-electron chi connectivity index (χ3n) is 4.21. The van der Waals surface area contributed by atoms with Crippen LogP contribution < -0.4 is 11.1 Å². The summed E-state index contributed by atoms with van der Waals surface area (Å²) >= 11 is 0. The summed E-state index contributed by atoms with van der Waals surface area (Å²) in [5.41, 5.74) is 5.70. The molecule has 1 amide bonds. The van der Waals surface area contributed by atoms with E-state index in [4.69, 9.17) is 10.5 Å². The Kier molecular flexibility index (Phi) is 7.48. The molecule has 0 unspecified atom stereocenters. The second-order valence-electron chi connectivity index (χ2n) is 8.03. The third-order valence-corrected chi connectivity index (χ3v) is 4.21. The van der Waals surface area contributed by atoms with E-state index in [0.29, 0.717) is 11.6 Å². The van der Waals surface area contributed by atoms with Crippen LogP contribution in [0, 0.1) is 5.92 Å². The number of hydrogen-bond donors (Lipinski definition) is 2. The quantitative estimate of drug-likeness (QED) is 0.847. The Morgan fingerprint density at radius 3 is 2.38 bits per heavy atom. The van der Waals surface area contributed by atoms with E-state index in [0.717, 1.165) is 38.4 Å². The first-order valence-electron chi connectivity index (χ1n) is 9.63. The third kappa shape index (κ3) is 8.36. The Hall–Kier alpha value is -2.05. The molecule has 0 atom stereocenters. The minimum Gasteiger partial charge on any atom is -0.444 e. The Labute approximate surface area is 156 Å². The summed E-state index contributed by atoms with van der Waals surface area (Å²) in [5, 5.41) is 3.17. The molecule has 1 saturated carbocycles. The van der Waals surface area contributed by atoms with Gasteiger partial charge in [0.25, 0.3) is 0 Å². The summed E-state index contributed by atoms with van der Waals surface area (Å²) in [6.07, 6.45) is 10.5. The smallest absolute Gasteiger partial charge is 0.410 e. The topological polar surface area (TPSA) is 93.4 Å². The van der Waals surface area contributed by atoms with Crippen LogP contribution in [0.25, 0.3) is 0 Å². The lowest BCUT2D eigenvalue weighted by molar-refractivity contribution is 0.0216. The molecule has 0 bridgehead atoms. The Morgan fingerprint density at radius 1 is 1.23 bits per heavy atom. The predicted molar refractivity (Wildman–Crippen MR) is 104 cm³/mol. The van der Waals surface area contributed by atoms with Crippen molar-refractivity contribution in [3.8, 4) is 0 Å². The first-order chi connectivity index (χ1) is 12.3. The number of anilines is 2. The molecule has 0 spiro atoms. The van der Waals surface area contributed by atoms with Crippen LogP contribution in [-0.2, 0) is 4.74 Å². The van der Waals surface area contributed by atoms with E-state index in [-0.39, 0.29) is 11.7 Å². The molecule has 2 heterocycles. The number of nitrogen functional groups attached to an aromatic ring is 1. The average Bonchev–Trinajstić information content (AvgIpc) is 3.41. The van der Waals surface area contributed by atoms with Gasteiger partial charge in [-0.15, -0.1) is 0 Å². The first-order valence-corrected chi connectivity index (χ1v) is 9.63. The van der Waals surface area contributed by atoms with Crippen LogP contribution in [-0.4, -0.2) is 46.2 Å². The zero-order chi connectivity index (χ0) is 19.0. The summed E-state index contributed by atoms with van der Waals surface area (Å²) < 4.78 is 5.26. The zero-order valence-corrected chi connectivity index (χ0v) is 16.3. The van der Waals surface area contributed by atoms with Crippen LogP contribution >= 0.6 is 0 Å². The van der Waals surface area contributed by atoms with Gasteiger partial charge in [0.05, 0.1) is 18.1 Å². The van der Waals surface area contributed by atoms with Gasteiger partial charge in [-0.3, -0.25) is 0 Å². The van der Waals surface area contributed by atoms with Crippen LogP contribution in [0.5, 0.6) is 0 Å². The number of amides is 1. The van der Waals surface area contributed by atoms with Crippen molar-refractivity contribution in [2.24, 2.45) is 5.92 Å². The summed E-state index contributed by atoms with van der Waals surface area (Å²) in [5.74, 6) is 1.62. The maximum atomic E-state index is 11.5. The monoisotopic (exact) mass is 363 g/mol. The molecule has 1 aromatic heterocycles. The van der Waals surface area contributed by atoms with Crippen LogP contribution in [0.15, 0.2) is 12.4 Å². The molecule has 2 aliphatic rings. The van der Waals surface area contributed by atoms with E-state index in [1.165, 1.54) is 25.7 Å². The molecule has 7 nitrogen and oxygen atoms in total. The molecule has 1 aliphatic heterocycles. The predicted octanol–water partition coefficient (Wildman–Crippen LogP) is 3.68. The second kappa shape index (κ2) is 9.59. The lowest BCUT2D eigenvalue weighted by Gasteiger charge is -2.29. The molecule has 3 rings (SSSR count). The van der Waals surface area contributed by atoms with Crippen LogP contribution in [0.4, 0.5) is 16.4 Å². The highest BCUT2D eigenvalue weighted by Gasteiger charge is 2.23. The summed E-state index contributed by atoms with van der Waals surface area (Å²) in [4.78, 5) is 21.4. The number of aromatic nitrogens is 2. The normalized spacial score (nSPS) is 17.1. The largest absolute Gasteiger partial charge is 0.444 e. The van der Waals surface area contributed by atoms with Gasteiger partial charge in [-0.05, 0) is 52.4 Å². The van der Waals surface area contributed by atoms with Gasteiger partial charge in [0.15, 0.2) is 0 Å². The molecule has 1 aromatic rings. The van der Waals surface area contributed by atoms with Crippen molar-refractivity contribution >= 4 is 17.7 Å². The number of hydrogen-bond acceptors (Lipinski definition) is 6. The molecule has 146 valence electrons. The number of nitrogens with zero attached hydrogens (tertiary/aromatic N) is 3. The van der Waals surface area contributed by atoms with E-state index in [1.807, 2.05) is 20.8 Å². The fourth-order valence-electron chi connectivity index (χ4n) is 2.63. The lowest BCUT2D eigenvalue weighted by atomic mass is 10.1. The van der Waals surface area contributed by atoms with E-state index < -0.39 is 0 Å². The number of likely N-dealkylation sites (tertiary alicyclic amines) is 1. The molecule has 0 aromatic carbocycles. The number of nitrogens with one attached hydrogen (secondary N) is 1. The number of carbonyl (C=O) groups excluding carboxylic acids is 1. The minimum absolute atomic E-state index is 0.160. The van der Waals surface area contributed by atoms with Crippen molar-refractivity contribution in [2.75, 3.05) is 30.7 Å². The van der Waals surface area contributed by atoms with Gasteiger partial charge < -0.3 is 20.7 Å². The standard InChI is InChI=1S/C10H19NO2.C9H14N4/c1-10(2,3)13-9(12)11-7-5-4-6-8-11;10-8-5-12-9(13-6-8)11-4-3-7-1-2-7/h4-8H2,1-3H3;5-7H,1-4,10H2,(H,11,12,13). The fourth-order valence-corrected chi connectivity index (χ4v) is 2.63. The fraction of sp³-hybridized carbons (Fsp3) is 0.737. The van der Waals surface area contributed by atoms with Crippen molar-refractivity contribution in [3.63, 3.8) is 0 Å². The number of carbonyl (C=O) groups is 1. The number of rotatable bonds is 4. The lowest BCUT2D eigenvalue weighted by Crippen LogP contribution is -2.39. The van der Waals surface area contributed by atoms with Gasteiger partial charge in [-0.25, -0.2) is 14.8 Å². The van der Waals surface area contributed by atoms with Crippen LogP contribution in [0.3, 0.4) is 0 Å². The first kappa shape index (κ1) is 20.3. The highest BCUT2D eigenvalue weighted by Crippen LogP contribution is 2.31. The van der Waals surface area contributed by atoms with E-state index in [1.54, 1.807) is 17.3 Å². The Morgan fingerprint density at radius 2 is 1.85 bits per heavy atom.